The average Bonchev–Trinajstić information content (AvgIpc) is 3.02. The maximum Gasteiger partial charge on any atom is 0.242 e. The maximum atomic E-state index is 12.2. The summed E-state index contributed by atoms with van der Waals surface area (Å²) in [6, 6.07) is 7.76. The summed E-state index contributed by atoms with van der Waals surface area (Å²) in [6.45, 7) is 13.0. The van der Waals surface area contributed by atoms with Gasteiger partial charge in [0.15, 0.2) is 5.96 Å². The minimum Gasteiger partial charge on any atom is -0.491 e. The molecule has 1 aliphatic heterocycles. The molecule has 1 saturated heterocycles. The van der Waals surface area contributed by atoms with Crippen LogP contribution in [-0.2, 0) is 4.79 Å². The van der Waals surface area contributed by atoms with E-state index in [2.05, 4.69) is 32.9 Å². The van der Waals surface area contributed by atoms with Crippen molar-refractivity contribution in [3.05, 3.63) is 24.3 Å². The zero-order chi connectivity index (χ0) is 21.4. The van der Waals surface area contributed by atoms with Crippen LogP contribution in [0, 0.1) is 5.92 Å². The topological polar surface area (TPSA) is 78.0 Å². The van der Waals surface area contributed by atoms with Crippen LogP contribution in [0.25, 0.3) is 0 Å². The highest BCUT2D eigenvalue weighted by Crippen LogP contribution is 2.17. The van der Waals surface area contributed by atoms with Gasteiger partial charge in [-0.05, 0) is 84.8 Å². The number of hydrogen-bond donors (Lipinski definition) is 3. The fourth-order valence-corrected chi connectivity index (χ4v) is 3.21. The Morgan fingerprint density at radius 2 is 1.97 bits per heavy atom. The molecule has 0 spiro atoms. The summed E-state index contributed by atoms with van der Waals surface area (Å²) >= 11 is 0. The molecule has 0 bridgehead atoms. The van der Waals surface area contributed by atoms with Gasteiger partial charge in [0.05, 0.1) is 6.10 Å². The van der Waals surface area contributed by atoms with E-state index in [0.717, 1.165) is 31.1 Å². The predicted molar refractivity (Wildman–Crippen MR) is 120 cm³/mol. The van der Waals surface area contributed by atoms with E-state index in [1.54, 1.807) is 0 Å². The quantitative estimate of drug-likeness (QED) is 0.482. The molecule has 162 valence electrons. The summed E-state index contributed by atoms with van der Waals surface area (Å²) in [5.74, 6) is 1.92. The standard InChI is InChI=1S/C22H37N5O2/c1-16(2)29-19-9-7-18(8-10-19)25-21(23-13-17-11-12-27(6)15-17)24-14-20(28)26-22(3,4)5/h7-10,16-17H,11-15H2,1-6H3,(H,26,28)(H2,23,24,25). The number of benzene rings is 1. The number of carbonyl (C=O) groups excluding carboxylic acids is 1. The number of rotatable bonds is 7. The third kappa shape index (κ3) is 9.17. The van der Waals surface area contributed by atoms with E-state index in [9.17, 15) is 4.79 Å². The zero-order valence-electron chi connectivity index (χ0n) is 18.7. The van der Waals surface area contributed by atoms with Crippen molar-refractivity contribution in [2.45, 2.75) is 52.7 Å². The van der Waals surface area contributed by atoms with Crippen LogP contribution in [0.4, 0.5) is 5.69 Å². The Bertz CT molecular complexity index is 679. The second-order valence-electron chi connectivity index (χ2n) is 9.08. The van der Waals surface area contributed by atoms with Crippen LogP contribution < -0.4 is 20.7 Å². The summed E-state index contributed by atoms with van der Waals surface area (Å²) in [7, 11) is 2.14. The second kappa shape index (κ2) is 10.5. The smallest absolute Gasteiger partial charge is 0.242 e. The third-order valence-electron chi connectivity index (χ3n) is 4.43. The molecular weight excluding hydrogens is 366 g/mol. The first-order chi connectivity index (χ1) is 13.6. The van der Waals surface area contributed by atoms with Gasteiger partial charge in [0.1, 0.15) is 12.3 Å². The van der Waals surface area contributed by atoms with E-state index in [4.69, 9.17) is 4.74 Å². The van der Waals surface area contributed by atoms with Crippen LogP contribution in [0.5, 0.6) is 5.75 Å². The number of ether oxygens (including phenoxy) is 1. The first-order valence-electron chi connectivity index (χ1n) is 10.4. The van der Waals surface area contributed by atoms with Gasteiger partial charge in [-0.2, -0.15) is 0 Å². The highest BCUT2D eigenvalue weighted by Gasteiger charge is 2.19. The van der Waals surface area contributed by atoms with E-state index in [-0.39, 0.29) is 24.1 Å². The summed E-state index contributed by atoms with van der Waals surface area (Å²) < 4.78 is 5.69. The number of amides is 1. The van der Waals surface area contributed by atoms with Crippen molar-refractivity contribution in [2.75, 3.05) is 38.5 Å². The van der Waals surface area contributed by atoms with Crippen LogP contribution in [0.2, 0.25) is 0 Å². The molecule has 29 heavy (non-hydrogen) atoms. The van der Waals surface area contributed by atoms with Crippen molar-refractivity contribution in [2.24, 2.45) is 10.9 Å². The normalized spacial score (nSPS) is 18.0. The Balaban J connectivity index is 2.00. The lowest BCUT2D eigenvalue weighted by Crippen LogP contribution is -2.42. The van der Waals surface area contributed by atoms with Gasteiger partial charge in [-0.1, -0.05) is 0 Å². The van der Waals surface area contributed by atoms with E-state index in [1.807, 2.05) is 58.9 Å². The van der Waals surface area contributed by atoms with Gasteiger partial charge < -0.3 is 25.6 Å². The fourth-order valence-electron chi connectivity index (χ4n) is 3.21. The molecule has 1 fully saturated rings. The highest BCUT2D eigenvalue weighted by molar-refractivity contribution is 5.95. The molecule has 1 unspecified atom stereocenters. The minimum atomic E-state index is -0.270. The molecule has 1 atom stereocenters. The summed E-state index contributed by atoms with van der Waals surface area (Å²) in [4.78, 5) is 19.0. The molecule has 0 aliphatic carbocycles. The molecule has 0 saturated carbocycles. The number of nitrogens with one attached hydrogen (secondary N) is 3. The molecule has 1 amide bonds. The molecule has 7 nitrogen and oxygen atoms in total. The first-order valence-corrected chi connectivity index (χ1v) is 10.4. The Hall–Kier alpha value is -2.28. The molecule has 1 heterocycles. The number of likely N-dealkylation sites (tertiary alicyclic amines) is 1. The van der Waals surface area contributed by atoms with Crippen LogP contribution in [0.15, 0.2) is 29.3 Å². The van der Waals surface area contributed by atoms with Crippen molar-refractivity contribution < 1.29 is 9.53 Å². The molecule has 2 rings (SSSR count). The average molecular weight is 404 g/mol. The molecule has 7 heteroatoms. The predicted octanol–water partition coefficient (Wildman–Crippen LogP) is 2.70. The lowest BCUT2D eigenvalue weighted by atomic mass is 10.1. The van der Waals surface area contributed by atoms with Crippen molar-refractivity contribution in [1.29, 1.82) is 0 Å². The van der Waals surface area contributed by atoms with E-state index in [0.29, 0.717) is 11.9 Å². The lowest BCUT2D eigenvalue weighted by molar-refractivity contribution is -0.121. The van der Waals surface area contributed by atoms with Gasteiger partial charge in [-0.25, -0.2) is 4.99 Å². The largest absolute Gasteiger partial charge is 0.491 e. The van der Waals surface area contributed by atoms with Crippen molar-refractivity contribution >= 4 is 17.6 Å². The molecule has 0 aromatic heterocycles. The number of anilines is 1. The van der Waals surface area contributed by atoms with E-state index < -0.39 is 0 Å². The van der Waals surface area contributed by atoms with Crippen LogP contribution in [0.3, 0.4) is 0 Å². The fraction of sp³-hybridized carbons (Fsp3) is 0.636. The molecular formula is C22H37N5O2. The monoisotopic (exact) mass is 403 g/mol. The number of nitrogens with zero attached hydrogens (tertiary/aromatic N) is 2. The zero-order valence-corrected chi connectivity index (χ0v) is 18.7. The van der Waals surface area contributed by atoms with Gasteiger partial charge in [-0.3, -0.25) is 4.79 Å². The van der Waals surface area contributed by atoms with E-state index in [1.165, 1.54) is 6.42 Å². The van der Waals surface area contributed by atoms with Gasteiger partial charge >= 0.3 is 0 Å². The van der Waals surface area contributed by atoms with Crippen LogP contribution >= 0.6 is 0 Å². The van der Waals surface area contributed by atoms with Crippen molar-refractivity contribution in [3.63, 3.8) is 0 Å². The summed E-state index contributed by atoms with van der Waals surface area (Å²) in [5, 5.41) is 9.64. The van der Waals surface area contributed by atoms with Crippen LogP contribution in [-0.4, -0.2) is 61.6 Å². The molecule has 1 aliphatic rings. The Morgan fingerprint density at radius 1 is 1.28 bits per heavy atom. The SMILES string of the molecule is CC(C)Oc1ccc(NC(=NCC(=O)NC(C)(C)C)NCC2CCN(C)C2)cc1. The van der Waals surface area contributed by atoms with Gasteiger partial charge in [0, 0.05) is 24.3 Å². The van der Waals surface area contributed by atoms with Gasteiger partial charge in [-0.15, -0.1) is 0 Å². The van der Waals surface area contributed by atoms with Gasteiger partial charge in [0.25, 0.3) is 0 Å². The van der Waals surface area contributed by atoms with Crippen molar-refractivity contribution in [3.8, 4) is 5.75 Å². The number of carbonyl (C=O) groups is 1. The van der Waals surface area contributed by atoms with E-state index >= 15 is 0 Å². The highest BCUT2D eigenvalue weighted by atomic mass is 16.5. The Morgan fingerprint density at radius 3 is 2.52 bits per heavy atom. The second-order valence-corrected chi connectivity index (χ2v) is 9.08. The molecule has 0 radical (unpaired) electrons. The number of hydrogen-bond acceptors (Lipinski definition) is 4. The van der Waals surface area contributed by atoms with Crippen molar-refractivity contribution in [1.82, 2.24) is 15.5 Å². The lowest BCUT2D eigenvalue weighted by Gasteiger charge is -2.20. The summed E-state index contributed by atoms with van der Waals surface area (Å²) in [5.41, 5.74) is 0.626. The Labute approximate surface area is 175 Å². The third-order valence-corrected chi connectivity index (χ3v) is 4.43. The Kier molecular flexibility index (Phi) is 8.32. The minimum absolute atomic E-state index is 0.0751. The van der Waals surface area contributed by atoms with Crippen LogP contribution in [0.1, 0.15) is 41.0 Å². The number of aliphatic imine (C=N–C) groups is 1. The first kappa shape index (κ1) is 23.0. The summed E-state index contributed by atoms with van der Waals surface area (Å²) in [6.07, 6.45) is 1.31. The molecule has 3 N–H and O–H groups in total. The molecule has 1 aromatic rings. The van der Waals surface area contributed by atoms with Gasteiger partial charge in [0.2, 0.25) is 5.91 Å². The maximum absolute atomic E-state index is 12.2. The molecule has 1 aromatic carbocycles. The number of guanidine groups is 1.